The average Bonchev–Trinajstić information content (AvgIpc) is 3.24. The molecule has 6 nitrogen and oxygen atoms in total. The molecule has 0 aliphatic carbocycles. The van der Waals surface area contributed by atoms with Crippen LogP contribution in [0, 0.1) is 6.92 Å². The number of para-hydroxylation sites is 1. The minimum Gasteiger partial charge on any atom is -0.507 e. The van der Waals surface area contributed by atoms with Gasteiger partial charge in [0.25, 0.3) is 11.7 Å². The van der Waals surface area contributed by atoms with Gasteiger partial charge in [0.1, 0.15) is 11.5 Å². The number of aromatic nitrogens is 1. The molecule has 160 valence electrons. The number of H-pyrrole nitrogens is 1. The van der Waals surface area contributed by atoms with Gasteiger partial charge in [0.05, 0.1) is 18.7 Å². The number of methoxy groups -OCH3 is 1. The molecule has 0 radical (unpaired) electrons. The zero-order chi connectivity index (χ0) is 22.1. The number of aryl methyl sites for hydroxylation is 1. The fourth-order valence-corrected chi connectivity index (χ4v) is 4.29. The summed E-state index contributed by atoms with van der Waals surface area (Å²) in [4.78, 5) is 31.1. The van der Waals surface area contributed by atoms with E-state index in [0.29, 0.717) is 17.9 Å². The predicted molar refractivity (Wildman–Crippen MR) is 120 cm³/mol. The maximum atomic E-state index is 13.1. The van der Waals surface area contributed by atoms with Crippen molar-refractivity contribution in [3.05, 3.63) is 70.9 Å². The van der Waals surface area contributed by atoms with E-state index in [1.165, 1.54) is 0 Å². The van der Waals surface area contributed by atoms with E-state index in [2.05, 4.69) is 4.98 Å². The highest BCUT2D eigenvalue weighted by molar-refractivity contribution is 6.46. The van der Waals surface area contributed by atoms with Gasteiger partial charge in [-0.25, -0.2) is 0 Å². The van der Waals surface area contributed by atoms with Gasteiger partial charge in [0.2, 0.25) is 0 Å². The SMILES string of the molecule is CCCCN1C(=O)C(=O)/C(=C(/O)c2ccc(OC)cc2)C1c1c(C)[nH]c2ccccc12. The van der Waals surface area contributed by atoms with Crippen molar-refractivity contribution in [2.45, 2.75) is 32.7 Å². The molecule has 0 bridgehead atoms. The van der Waals surface area contributed by atoms with Crippen molar-refractivity contribution in [3.8, 4) is 5.75 Å². The van der Waals surface area contributed by atoms with Gasteiger partial charge in [0.15, 0.2) is 0 Å². The van der Waals surface area contributed by atoms with E-state index in [1.807, 2.05) is 38.1 Å². The number of hydrogen-bond donors (Lipinski definition) is 2. The molecule has 1 aromatic heterocycles. The Morgan fingerprint density at radius 1 is 1.13 bits per heavy atom. The molecule has 2 aromatic carbocycles. The van der Waals surface area contributed by atoms with Gasteiger partial charge in [-0.1, -0.05) is 31.5 Å². The minimum absolute atomic E-state index is 0.124. The van der Waals surface area contributed by atoms with Crippen molar-refractivity contribution >= 4 is 28.4 Å². The van der Waals surface area contributed by atoms with Gasteiger partial charge in [-0.3, -0.25) is 9.59 Å². The van der Waals surface area contributed by atoms with E-state index in [4.69, 9.17) is 4.74 Å². The third kappa shape index (κ3) is 3.48. The second kappa shape index (κ2) is 8.30. The van der Waals surface area contributed by atoms with E-state index in [0.717, 1.165) is 35.0 Å². The van der Waals surface area contributed by atoms with Crippen molar-refractivity contribution in [3.63, 3.8) is 0 Å². The Balaban J connectivity index is 1.94. The first-order chi connectivity index (χ1) is 15.0. The van der Waals surface area contributed by atoms with Gasteiger partial charge in [-0.15, -0.1) is 0 Å². The molecule has 1 unspecified atom stereocenters. The third-order valence-corrected chi connectivity index (χ3v) is 5.87. The molecule has 1 amide bonds. The van der Waals surface area contributed by atoms with Crippen LogP contribution >= 0.6 is 0 Å². The van der Waals surface area contributed by atoms with Crippen LogP contribution in [0.1, 0.15) is 42.6 Å². The van der Waals surface area contributed by atoms with Crippen LogP contribution in [0.3, 0.4) is 0 Å². The Morgan fingerprint density at radius 2 is 1.84 bits per heavy atom. The maximum Gasteiger partial charge on any atom is 0.295 e. The molecule has 1 atom stereocenters. The predicted octanol–water partition coefficient (Wildman–Crippen LogP) is 4.71. The van der Waals surface area contributed by atoms with E-state index in [9.17, 15) is 14.7 Å². The lowest BCUT2D eigenvalue weighted by Crippen LogP contribution is -2.30. The molecule has 31 heavy (non-hydrogen) atoms. The Labute approximate surface area is 181 Å². The zero-order valence-corrected chi connectivity index (χ0v) is 17.9. The van der Waals surface area contributed by atoms with E-state index >= 15 is 0 Å². The summed E-state index contributed by atoms with van der Waals surface area (Å²) in [5.41, 5.74) is 3.24. The van der Waals surface area contributed by atoms with Crippen LogP contribution in [0.25, 0.3) is 16.7 Å². The Kier molecular flexibility index (Phi) is 5.55. The number of fused-ring (bicyclic) bond motifs is 1. The van der Waals surface area contributed by atoms with Gasteiger partial charge < -0.3 is 19.7 Å². The second-order valence-electron chi connectivity index (χ2n) is 7.78. The Bertz CT molecular complexity index is 1170. The lowest BCUT2D eigenvalue weighted by Gasteiger charge is -2.25. The molecule has 1 saturated heterocycles. The molecule has 6 heteroatoms. The normalized spacial score (nSPS) is 18.2. The van der Waals surface area contributed by atoms with Crippen LogP contribution in [0.15, 0.2) is 54.1 Å². The molecular weight excluding hydrogens is 392 g/mol. The monoisotopic (exact) mass is 418 g/mol. The van der Waals surface area contributed by atoms with Crippen molar-refractivity contribution in [2.75, 3.05) is 13.7 Å². The number of carbonyl (C=O) groups excluding carboxylic acids is 2. The summed E-state index contributed by atoms with van der Waals surface area (Å²) in [7, 11) is 1.56. The number of rotatable bonds is 6. The van der Waals surface area contributed by atoms with Crippen molar-refractivity contribution < 1.29 is 19.4 Å². The maximum absolute atomic E-state index is 13.1. The van der Waals surface area contributed by atoms with Crippen molar-refractivity contribution in [1.82, 2.24) is 9.88 Å². The number of nitrogens with zero attached hydrogens (tertiary/aromatic N) is 1. The first-order valence-corrected chi connectivity index (χ1v) is 10.5. The van der Waals surface area contributed by atoms with E-state index < -0.39 is 17.7 Å². The fraction of sp³-hybridized carbons (Fsp3) is 0.280. The molecule has 1 aliphatic heterocycles. The van der Waals surface area contributed by atoms with E-state index in [1.54, 1.807) is 36.3 Å². The van der Waals surface area contributed by atoms with Gasteiger partial charge in [-0.05, 0) is 43.7 Å². The summed E-state index contributed by atoms with van der Waals surface area (Å²) >= 11 is 0. The van der Waals surface area contributed by atoms with Crippen LogP contribution in [-0.2, 0) is 9.59 Å². The summed E-state index contributed by atoms with van der Waals surface area (Å²) in [6.07, 6.45) is 1.66. The number of aromatic amines is 1. The molecule has 2 N–H and O–H groups in total. The van der Waals surface area contributed by atoms with Gasteiger partial charge in [0, 0.05) is 34.3 Å². The highest BCUT2D eigenvalue weighted by Gasteiger charge is 2.47. The number of unbranched alkanes of at least 4 members (excludes halogenated alkanes) is 1. The number of Topliss-reactive ketones (excluding diaryl/α,β-unsaturated/α-hetero) is 1. The number of aliphatic hydroxyl groups excluding tert-OH is 1. The molecular formula is C25H26N2O4. The van der Waals surface area contributed by atoms with Crippen LogP contribution in [0.5, 0.6) is 5.75 Å². The number of benzene rings is 2. The van der Waals surface area contributed by atoms with Crippen LogP contribution in [0.2, 0.25) is 0 Å². The number of ether oxygens (including phenoxy) is 1. The number of likely N-dealkylation sites (tertiary alicyclic amines) is 1. The zero-order valence-electron chi connectivity index (χ0n) is 17.9. The van der Waals surface area contributed by atoms with Crippen molar-refractivity contribution in [1.29, 1.82) is 0 Å². The summed E-state index contributed by atoms with van der Waals surface area (Å²) < 4.78 is 5.19. The molecule has 1 aliphatic rings. The second-order valence-corrected chi connectivity index (χ2v) is 7.78. The molecule has 3 aromatic rings. The molecule has 2 heterocycles. The summed E-state index contributed by atoms with van der Waals surface area (Å²) in [6, 6.07) is 14.0. The Morgan fingerprint density at radius 3 is 2.52 bits per heavy atom. The van der Waals surface area contributed by atoms with Crippen LogP contribution in [-0.4, -0.2) is 40.3 Å². The minimum atomic E-state index is -0.654. The highest BCUT2D eigenvalue weighted by atomic mass is 16.5. The number of aliphatic hydroxyl groups is 1. The first-order valence-electron chi connectivity index (χ1n) is 10.5. The number of hydrogen-bond acceptors (Lipinski definition) is 4. The van der Waals surface area contributed by atoms with E-state index in [-0.39, 0.29) is 11.3 Å². The summed E-state index contributed by atoms with van der Waals surface area (Å²) in [5, 5.41) is 12.1. The molecule has 1 fully saturated rings. The first kappa shape index (κ1) is 20.7. The standard InChI is InChI=1S/C25H26N2O4/c1-4-5-14-27-22(20-15(2)26-19-9-7-6-8-18(19)20)21(24(29)25(27)30)23(28)16-10-12-17(31-3)13-11-16/h6-13,22,26,28H,4-5,14H2,1-3H3/b23-21+. The topological polar surface area (TPSA) is 82.6 Å². The lowest BCUT2D eigenvalue weighted by atomic mass is 9.93. The number of ketones is 1. The fourth-order valence-electron chi connectivity index (χ4n) is 4.29. The van der Waals surface area contributed by atoms with Gasteiger partial charge >= 0.3 is 0 Å². The molecule has 4 rings (SSSR count). The number of nitrogens with one attached hydrogen (secondary N) is 1. The largest absolute Gasteiger partial charge is 0.507 e. The van der Waals surface area contributed by atoms with Crippen molar-refractivity contribution in [2.24, 2.45) is 0 Å². The highest BCUT2D eigenvalue weighted by Crippen LogP contribution is 2.43. The lowest BCUT2D eigenvalue weighted by molar-refractivity contribution is -0.139. The summed E-state index contributed by atoms with van der Waals surface area (Å²) in [6.45, 7) is 4.42. The average molecular weight is 418 g/mol. The van der Waals surface area contributed by atoms with Crippen LogP contribution in [0.4, 0.5) is 0 Å². The quantitative estimate of drug-likeness (QED) is 0.345. The molecule has 0 spiro atoms. The number of carbonyl (C=O) groups is 2. The Hall–Kier alpha value is -3.54. The molecule has 0 saturated carbocycles. The number of amides is 1. The van der Waals surface area contributed by atoms with Gasteiger partial charge in [-0.2, -0.15) is 0 Å². The summed E-state index contributed by atoms with van der Waals surface area (Å²) in [5.74, 6) is -0.754. The third-order valence-electron chi connectivity index (χ3n) is 5.87. The smallest absolute Gasteiger partial charge is 0.295 e. The van der Waals surface area contributed by atoms with Crippen LogP contribution < -0.4 is 4.74 Å².